The van der Waals surface area contributed by atoms with Gasteiger partial charge in [0.2, 0.25) is 0 Å². The van der Waals surface area contributed by atoms with Crippen LogP contribution in [-0.4, -0.2) is 79.1 Å². The van der Waals surface area contributed by atoms with Crippen molar-refractivity contribution in [3.8, 4) is 17.0 Å². The highest BCUT2D eigenvalue weighted by atomic mass is 16.5. The van der Waals surface area contributed by atoms with E-state index in [0.29, 0.717) is 31.1 Å². The average Bonchev–Trinajstić information content (AvgIpc) is 3.30. The maximum absolute atomic E-state index is 13.1. The van der Waals surface area contributed by atoms with Gasteiger partial charge in [0.15, 0.2) is 19.5 Å². The number of pyridine rings is 1. The lowest BCUT2D eigenvalue weighted by atomic mass is 10.1. The predicted octanol–water partition coefficient (Wildman–Crippen LogP) is 1.75. The molecular formula is C24H26BN7O3. The number of nitrogens with one attached hydrogen (secondary N) is 1. The van der Waals surface area contributed by atoms with Crippen LogP contribution < -0.4 is 20.7 Å². The molecule has 4 heterocycles. The number of ether oxygens (including phenoxy) is 2. The van der Waals surface area contributed by atoms with Gasteiger partial charge < -0.3 is 30.2 Å². The summed E-state index contributed by atoms with van der Waals surface area (Å²) in [6, 6.07) is 9.37. The molecule has 1 amide bonds. The fourth-order valence-electron chi connectivity index (χ4n) is 4.20. The second-order valence-electron chi connectivity index (χ2n) is 8.48. The first-order chi connectivity index (χ1) is 17.1. The predicted molar refractivity (Wildman–Crippen MR) is 133 cm³/mol. The highest BCUT2D eigenvalue weighted by Gasteiger charge is 2.21. The molecular weight excluding hydrogens is 445 g/mol. The summed E-state index contributed by atoms with van der Waals surface area (Å²) in [4.78, 5) is 29.9. The van der Waals surface area contributed by atoms with Crippen LogP contribution in [0.5, 0.6) is 5.75 Å². The van der Waals surface area contributed by atoms with Crippen LogP contribution in [0.3, 0.4) is 0 Å². The highest BCUT2D eigenvalue weighted by molar-refractivity contribution is 6.07. The molecule has 0 aliphatic carbocycles. The molecule has 2 saturated heterocycles. The van der Waals surface area contributed by atoms with Gasteiger partial charge in [-0.1, -0.05) is 0 Å². The van der Waals surface area contributed by atoms with Crippen LogP contribution in [0.25, 0.3) is 11.3 Å². The van der Waals surface area contributed by atoms with E-state index >= 15 is 0 Å². The number of benzene rings is 1. The van der Waals surface area contributed by atoms with Crippen molar-refractivity contribution in [1.29, 1.82) is 0 Å². The number of nitrogens with zero attached hydrogens (tertiary/aromatic N) is 5. The second-order valence-corrected chi connectivity index (χ2v) is 8.48. The third kappa shape index (κ3) is 5.36. The maximum Gasteiger partial charge on any atom is 0.278 e. The SMILES string of the molecule is [B]N1CC[C@@H](Oc2ccc(-c3cnc(N)c(C(=O)Nc4cnccc4N4CCOCC4)n3)cc2)C1. The fourth-order valence-corrected chi connectivity index (χ4v) is 4.20. The summed E-state index contributed by atoms with van der Waals surface area (Å²) in [5.41, 5.74) is 8.84. The Kier molecular flexibility index (Phi) is 6.78. The molecule has 0 saturated carbocycles. The summed E-state index contributed by atoms with van der Waals surface area (Å²) in [6.07, 6.45) is 5.83. The van der Waals surface area contributed by atoms with Crippen molar-refractivity contribution >= 4 is 31.1 Å². The first-order valence-electron chi connectivity index (χ1n) is 11.5. The first-order valence-corrected chi connectivity index (χ1v) is 11.5. The number of nitrogen functional groups attached to an aromatic ring is 1. The van der Waals surface area contributed by atoms with Crippen LogP contribution >= 0.6 is 0 Å². The summed E-state index contributed by atoms with van der Waals surface area (Å²) in [5.74, 6) is 0.352. The summed E-state index contributed by atoms with van der Waals surface area (Å²) in [7, 11) is 5.81. The van der Waals surface area contributed by atoms with Gasteiger partial charge in [0.25, 0.3) is 5.91 Å². The minimum Gasteiger partial charge on any atom is -0.489 e. The van der Waals surface area contributed by atoms with Crippen molar-refractivity contribution < 1.29 is 14.3 Å². The Morgan fingerprint density at radius 2 is 1.94 bits per heavy atom. The lowest BCUT2D eigenvalue weighted by Gasteiger charge is -2.30. The van der Waals surface area contributed by atoms with Gasteiger partial charge in [-0.05, 0) is 43.3 Å². The molecule has 35 heavy (non-hydrogen) atoms. The van der Waals surface area contributed by atoms with Gasteiger partial charge in [-0.2, -0.15) is 0 Å². The van der Waals surface area contributed by atoms with Gasteiger partial charge in [0, 0.05) is 31.4 Å². The molecule has 0 bridgehead atoms. The molecule has 2 aliphatic rings. The Balaban J connectivity index is 1.32. The number of rotatable bonds is 6. The number of hydrogen-bond donors (Lipinski definition) is 2. The molecule has 0 unspecified atom stereocenters. The van der Waals surface area contributed by atoms with Crippen LogP contribution in [0.15, 0.2) is 48.9 Å². The van der Waals surface area contributed by atoms with Crippen molar-refractivity contribution in [1.82, 2.24) is 19.8 Å². The zero-order valence-electron chi connectivity index (χ0n) is 19.3. The molecule has 1 atom stereocenters. The number of amides is 1. The Labute approximate surface area is 204 Å². The number of aromatic nitrogens is 3. The summed E-state index contributed by atoms with van der Waals surface area (Å²) in [5, 5.41) is 2.90. The van der Waals surface area contributed by atoms with Crippen LogP contribution in [0.4, 0.5) is 17.2 Å². The molecule has 178 valence electrons. The van der Waals surface area contributed by atoms with Gasteiger partial charge in [-0.15, -0.1) is 0 Å². The monoisotopic (exact) mass is 471 g/mol. The topological polar surface area (TPSA) is 119 Å². The molecule has 3 N–H and O–H groups in total. The maximum atomic E-state index is 13.1. The standard InChI is InChI=1S/C24H26BN7O3/c25-32-8-6-18(15-32)35-17-3-1-16(2-4-17)19-14-28-23(26)22(29-19)24(33)30-20-13-27-7-5-21(20)31-9-11-34-12-10-31/h1-5,7,13-14,18H,6,8-12,15H2,(H2,26,28)(H,30,33)/t18-/m1/s1. The third-order valence-electron chi connectivity index (χ3n) is 6.04. The van der Waals surface area contributed by atoms with E-state index in [1.807, 2.05) is 30.3 Å². The first kappa shape index (κ1) is 23.1. The van der Waals surface area contributed by atoms with E-state index in [0.717, 1.165) is 43.1 Å². The lowest BCUT2D eigenvalue weighted by molar-refractivity contribution is 0.102. The van der Waals surface area contributed by atoms with Crippen LogP contribution in [0.1, 0.15) is 16.9 Å². The molecule has 2 fully saturated rings. The molecule has 10 nitrogen and oxygen atoms in total. The van der Waals surface area contributed by atoms with E-state index in [4.69, 9.17) is 23.2 Å². The molecule has 2 aliphatic heterocycles. The van der Waals surface area contributed by atoms with Gasteiger partial charge in [0.05, 0.1) is 42.7 Å². The highest BCUT2D eigenvalue weighted by Crippen LogP contribution is 2.27. The van der Waals surface area contributed by atoms with Gasteiger partial charge in [-0.3, -0.25) is 9.78 Å². The van der Waals surface area contributed by atoms with Crippen molar-refractivity contribution in [2.24, 2.45) is 0 Å². The minimum absolute atomic E-state index is 0.0496. The van der Waals surface area contributed by atoms with Gasteiger partial charge in [-0.25, -0.2) is 9.97 Å². The van der Waals surface area contributed by atoms with Crippen LogP contribution in [-0.2, 0) is 4.74 Å². The number of nitrogens with two attached hydrogens (primary N) is 1. The summed E-state index contributed by atoms with van der Waals surface area (Å²) in [6.45, 7) is 4.25. The molecule has 2 aromatic heterocycles. The van der Waals surface area contributed by atoms with E-state index < -0.39 is 5.91 Å². The van der Waals surface area contributed by atoms with E-state index in [9.17, 15) is 4.79 Å². The molecule has 5 rings (SSSR count). The van der Waals surface area contributed by atoms with Crippen molar-refractivity contribution in [3.63, 3.8) is 0 Å². The zero-order valence-corrected chi connectivity index (χ0v) is 19.3. The molecule has 2 radical (unpaired) electrons. The Bertz CT molecular complexity index is 1190. The Morgan fingerprint density at radius 1 is 1.14 bits per heavy atom. The quantitative estimate of drug-likeness (QED) is 0.519. The molecule has 1 aromatic carbocycles. The second kappa shape index (κ2) is 10.3. The molecule has 11 heteroatoms. The van der Waals surface area contributed by atoms with E-state index in [1.165, 1.54) is 0 Å². The van der Waals surface area contributed by atoms with Crippen LogP contribution in [0, 0.1) is 0 Å². The number of anilines is 3. The van der Waals surface area contributed by atoms with Crippen LogP contribution in [0.2, 0.25) is 0 Å². The Hall–Kier alpha value is -3.70. The smallest absolute Gasteiger partial charge is 0.278 e. The average molecular weight is 471 g/mol. The normalized spacial score (nSPS) is 18.4. The van der Waals surface area contributed by atoms with Crippen molar-refractivity contribution in [2.45, 2.75) is 12.5 Å². The Morgan fingerprint density at radius 3 is 2.69 bits per heavy atom. The number of hydrogen-bond acceptors (Lipinski definition) is 9. The summed E-state index contributed by atoms with van der Waals surface area (Å²) >= 11 is 0. The van der Waals surface area contributed by atoms with E-state index in [-0.39, 0.29) is 17.6 Å². The van der Waals surface area contributed by atoms with E-state index in [2.05, 4.69) is 25.2 Å². The number of carbonyl (C=O) groups is 1. The summed E-state index contributed by atoms with van der Waals surface area (Å²) < 4.78 is 11.4. The molecule has 0 spiro atoms. The minimum atomic E-state index is -0.452. The molecule has 3 aromatic rings. The zero-order chi connectivity index (χ0) is 24.2. The van der Waals surface area contributed by atoms with Gasteiger partial charge >= 0.3 is 0 Å². The lowest BCUT2D eigenvalue weighted by Crippen LogP contribution is -2.36. The number of carbonyl (C=O) groups excluding carboxylic acids is 1. The van der Waals surface area contributed by atoms with Crippen molar-refractivity contribution in [3.05, 3.63) is 54.6 Å². The fraction of sp³-hybridized carbons (Fsp3) is 0.333. The van der Waals surface area contributed by atoms with E-state index in [1.54, 1.807) is 23.4 Å². The largest absolute Gasteiger partial charge is 0.489 e. The van der Waals surface area contributed by atoms with Crippen molar-refractivity contribution in [2.75, 3.05) is 55.3 Å². The number of morpholine rings is 1. The van der Waals surface area contributed by atoms with Gasteiger partial charge in [0.1, 0.15) is 11.9 Å². The third-order valence-corrected chi connectivity index (χ3v) is 6.04.